The number of hydrogen-bond acceptors (Lipinski definition) is 6. The molecular weight excluding hydrogens is 458 g/mol. The summed E-state index contributed by atoms with van der Waals surface area (Å²) in [5, 5.41) is 11.7. The Labute approximate surface area is 201 Å². The molecule has 2 aliphatic rings. The van der Waals surface area contributed by atoms with Gasteiger partial charge in [-0.05, 0) is 42.7 Å². The number of rotatable bonds is 6. The van der Waals surface area contributed by atoms with E-state index >= 15 is 0 Å². The Bertz CT molecular complexity index is 1230. The minimum atomic E-state index is -0.757. The van der Waals surface area contributed by atoms with Gasteiger partial charge in [0.25, 0.3) is 11.8 Å². The van der Waals surface area contributed by atoms with E-state index in [1.807, 2.05) is 0 Å². The van der Waals surface area contributed by atoms with E-state index in [0.717, 1.165) is 30.6 Å². The molecule has 0 atom stereocenters. The molecule has 1 N–H and O–H groups in total. The molecule has 9 heteroatoms. The zero-order chi connectivity index (χ0) is 24.2. The number of hydrogen-bond donors (Lipinski definition) is 1. The largest absolute Gasteiger partial charge is 0.493 e. The number of methoxy groups -OCH3 is 1. The number of halogens is 1. The van der Waals surface area contributed by atoms with Crippen molar-refractivity contribution >= 4 is 35.5 Å². The van der Waals surface area contributed by atoms with E-state index in [1.54, 1.807) is 36.4 Å². The number of carbonyl (C=O) groups excluding carboxylic acids is 3. The smallest absolute Gasteiger partial charge is 0.331 e. The second-order valence-electron chi connectivity index (χ2n) is 8.02. The van der Waals surface area contributed by atoms with E-state index < -0.39 is 17.8 Å². The van der Waals surface area contributed by atoms with Crippen LogP contribution in [0.3, 0.4) is 0 Å². The molecule has 1 saturated heterocycles. The third-order valence-electron chi connectivity index (χ3n) is 5.90. The molecule has 8 nitrogen and oxygen atoms in total. The number of carbonyl (C=O) groups is 3. The van der Waals surface area contributed by atoms with Gasteiger partial charge in [-0.25, -0.2) is 4.79 Å². The first kappa shape index (κ1) is 23.3. The van der Waals surface area contributed by atoms with Gasteiger partial charge >= 0.3 is 6.03 Å². The quantitative estimate of drug-likeness (QED) is 0.491. The fourth-order valence-corrected chi connectivity index (χ4v) is 4.47. The van der Waals surface area contributed by atoms with Crippen molar-refractivity contribution in [2.45, 2.75) is 38.3 Å². The van der Waals surface area contributed by atoms with Crippen LogP contribution in [0.15, 0.2) is 42.0 Å². The third kappa shape index (κ3) is 4.61. The molecule has 1 aliphatic heterocycles. The molecule has 0 spiro atoms. The zero-order valence-electron chi connectivity index (χ0n) is 18.5. The maximum absolute atomic E-state index is 13.0. The summed E-state index contributed by atoms with van der Waals surface area (Å²) in [5.74, 6) is -0.820. The summed E-state index contributed by atoms with van der Waals surface area (Å²) in [5.41, 5.74) is 1.46. The standard InChI is InChI=1S/C25H22ClN3O5/c1-33-21-12-15(11-20(26)22(21)34-14-17-7-3-2-6-16(17)13-27)10-19-23(30)28-25(32)29(24(19)31)18-8-4-5-9-18/h2-3,6-7,10-12,18H,4-5,8-9,14H2,1H3,(H,28,30,32)/b19-10+. The molecule has 2 aromatic rings. The fourth-order valence-electron chi connectivity index (χ4n) is 4.20. The second kappa shape index (κ2) is 9.98. The SMILES string of the molecule is COc1cc(/C=C2\C(=O)NC(=O)N(C3CCCC3)C2=O)cc(Cl)c1OCc1ccccc1C#N. The van der Waals surface area contributed by atoms with Crippen LogP contribution in [0.2, 0.25) is 5.02 Å². The Balaban J connectivity index is 1.61. The van der Waals surface area contributed by atoms with Crippen molar-refractivity contribution in [3.05, 3.63) is 63.7 Å². The highest BCUT2D eigenvalue weighted by molar-refractivity contribution is 6.33. The highest BCUT2D eigenvalue weighted by atomic mass is 35.5. The molecule has 0 bridgehead atoms. The predicted molar refractivity (Wildman–Crippen MR) is 124 cm³/mol. The van der Waals surface area contributed by atoms with Crippen molar-refractivity contribution in [3.63, 3.8) is 0 Å². The van der Waals surface area contributed by atoms with E-state index in [2.05, 4.69) is 11.4 Å². The molecule has 4 amide bonds. The van der Waals surface area contributed by atoms with Gasteiger partial charge in [-0.3, -0.25) is 19.8 Å². The summed E-state index contributed by atoms with van der Waals surface area (Å²) in [4.78, 5) is 38.9. The third-order valence-corrected chi connectivity index (χ3v) is 6.18. The van der Waals surface area contributed by atoms with Gasteiger partial charge in [-0.15, -0.1) is 0 Å². The molecule has 1 heterocycles. The summed E-state index contributed by atoms with van der Waals surface area (Å²) >= 11 is 6.45. The molecule has 1 aliphatic carbocycles. The lowest BCUT2D eigenvalue weighted by atomic mass is 10.0. The molecule has 0 unspecified atom stereocenters. The monoisotopic (exact) mass is 479 g/mol. The molecule has 0 radical (unpaired) electrons. The number of benzene rings is 2. The predicted octanol–water partition coefficient (Wildman–Crippen LogP) is 4.20. The summed E-state index contributed by atoms with van der Waals surface area (Å²) in [6.07, 6.45) is 4.70. The molecule has 2 fully saturated rings. The van der Waals surface area contributed by atoms with Crippen LogP contribution < -0.4 is 14.8 Å². The van der Waals surface area contributed by atoms with Gasteiger partial charge in [0, 0.05) is 11.6 Å². The Morgan fingerprint density at radius 3 is 2.65 bits per heavy atom. The van der Waals surface area contributed by atoms with Gasteiger partial charge in [-0.1, -0.05) is 42.6 Å². The summed E-state index contributed by atoms with van der Waals surface area (Å²) < 4.78 is 11.3. The Hall–Kier alpha value is -3.83. The molecular formula is C25H22ClN3O5. The average Bonchev–Trinajstić information content (AvgIpc) is 3.35. The zero-order valence-corrected chi connectivity index (χ0v) is 19.2. The van der Waals surface area contributed by atoms with Crippen molar-refractivity contribution < 1.29 is 23.9 Å². The first-order valence-corrected chi connectivity index (χ1v) is 11.2. The minimum Gasteiger partial charge on any atom is -0.493 e. The first-order chi connectivity index (χ1) is 16.4. The van der Waals surface area contributed by atoms with Crippen LogP contribution in [-0.4, -0.2) is 35.9 Å². The van der Waals surface area contributed by atoms with Crippen molar-refractivity contribution in [2.75, 3.05) is 7.11 Å². The van der Waals surface area contributed by atoms with Crippen LogP contribution in [0.4, 0.5) is 4.79 Å². The van der Waals surface area contributed by atoms with Gasteiger partial charge in [0.05, 0.1) is 23.8 Å². The minimum absolute atomic E-state index is 0.0968. The van der Waals surface area contributed by atoms with Crippen LogP contribution in [0.5, 0.6) is 11.5 Å². The molecule has 34 heavy (non-hydrogen) atoms. The van der Waals surface area contributed by atoms with Crippen molar-refractivity contribution in [1.29, 1.82) is 5.26 Å². The summed E-state index contributed by atoms with van der Waals surface area (Å²) in [6.45, 7) is 0.0968. The number of urea groups is 1. The number of imide groups is 2. The van der Waals surface area contributed by atoms with E-state index in [1.165, 1.54) is 13.2 Å². The normalized spacial score (nSPS) is 17.6. The lowest BCUT2D eigenvalue weighted by Gasteiger charge is -2.31. The number of nitrogens with one attached hydrogen (secondary N) is 1. The van der Waals surface area contributed by atoms with Gasteiger partial charge in [0.2, 0.25) is 0 Å². The van der Waals surface area contributed by atoms with Crippen LogP contribution in [0.1, 0.15) is 42.4 Å². The average molecular weight is 480 g/mol. The van der Waals surface area contributed by atoms with Gasteiger partial charge < -0.3 is 9.47 Å². The molecule has 174 valence electrons. The van der Waals surface area contributed by atoms with Crippen LogP contribution in [-0.2, 0) is 16.2 Å². The lowest BCUT2D eigenvalue weighted by Crippen LogP contribution is -2.57. The molecule has 4 rings (SSSR count). The lowest BCUT2D eigenvalue weighted by molar-refractivity contribution is -0.131. The maximum atomic E-state index is 13.0. The Kier molecular flexibility index (Phi) is 6.85. The van der Waals surface area contributed by atoms with Crippen molar-refractivity contribution in [3.8, 4) is 17.6 Å². The first-order valence-electron chi connectivity index (χ1n) is 10.8. The Morgan fingerprint density at radius 1 is 1.21 bits per heavy atom. The van der Waals surface area contributed by atoms with E-state index in [-0.39, 0.29) is 29.0 Å². The van der Waals surface area contributed by atoms with Gasteiger partial charge in [0.15, 0.2) is 11.5 Å². The summed E-state index contributed by atoms with van der Waals surface area (Å²) in [6, 6.07) is 11.4. The van der Waals surface area contributed by atoms with E-state index in [9.17, 15) is 19.6 Å². The number of amides is 4. The Morgan fingerprint density at radius 2 is 1.94 bits per heavy atom. The summed E-state index contributed by atoms with van der Waals surface area (Å²) in [7, 11) is 1.44. The topological polar surface area (TPSA) is 109 Å². The van der Waals surface area contributed by atoms with Gasteiger partial charge in [-0.2, -0.15) is 5.26 Å². The number of nitrogens with zero attached hydrogens (tertiary/aromatic N) is 2. The second-order valence-corrected chi connectivity index (χ2v) is 8.43. The van der Waals surface area contributed by atoms with Crippen molar-refractivity contribution in [2.24, 2.45) is 0 Å². The fraction of sp³-hybridized carbons (Fsp3) is 0.280. The van der Waals surface area contributed by atoms with Crippen LogP contribution >= 0.6 is 11.6 Å². The number of barbiturate groups is 1. The number of nitriles is 1. The molecule has 0 aromatic heterocycles. The van der Waals surface area contributed by atoms with Crippen molar-refractivity contribution in [1.82, 2.24) is 10.2 Å². The van der Waals surface area contributed by atoms with Gasteiger partial charge in [0.1, 0.15) is 12.2 Å². The number of ether oxygens (including phenoxy) is 2. The van der Waals surface area contributed by atoms with Crippen LogP contribution in [0, 0.1) is 11.3 Å². The maximum Gasteiger partial charge on any atom is 0.331 e. The van der Waals surface area contributed by atoms with Crippen LogP contribution in [0.25, 0.3) is 6.08 Å². The van der Waals surface area contributed by atoms with E-state index in [0.29, 0.717) is 22.4 Å². The molecule has 2 aromatic carbocycles. The highest BCUT2D eigenvalue weighted by Gasteiger charge is 2.40. The highest BCUT2D eigenvalue weighted by Crippen LogP contribution is 2.38. The molecule has 1 saturated carbocycles. The van der Waals surface area contributed by atoms with E-state index in [4.69, 9.17) is 21.1 Å².